The zero-order valence-corrected chi connectivity index (χ0v) is 21.2. The summed E-state index contributed by atoms with van der Waals surface area (Å²) in [4.78, 5) is 22.3. The van der Waals surface area contributed by atoms with Crippen molar-refractivity contribution in [2.24, 2.45) is 0 Å². The Morgan fingerprint density at radius 3 is 2.40 bits per heavy atom. The molecule has 0 spiro atoms. The summed E-state index contributed by atoms with van der Waals surface area (Å²) in [6.45, 7) is 1.11. The highest BCUT2D eigenvalue weighted by molar-refractivity contribution is 8.54. The van der Waals surface area contributed by atoms with E-state index in [1.54, 1.807) is 6.08 Å². The van der Waals surface area contributed by atoms with Crippen molar-refractivity contribution >= 4 is 24.1 Å². The van der Waals surface area contributed by atoms with Crippen LogP contribution in [-0.4, -0.2) is 72.6 Å². The lowest BCUT2D eigenvalue weighted by Gasteiger charge is -2.25. The van der Waals surface area contributed by atoms with Gasteiger partial charge in [-0.05, 0) is 30.6 Å². The van der Waals surface area contributed by atoms with Crippen LogP contribution in [0.3, 0.4) is 0 Å². The number of allylic oxidation sites excluding steroid dienone is 1. The van der Waals surface area contributed by atoms with Gasteiger partial charge in [-0.15, -0.1) is 0 Å². The molecule has 178 valence electrons. The van der Waals surface area contributed by atoms with Gasteiger partial charge in [-0.2, -0.15) is 0 Å². The number of aliphatic hydroxyl groups is 1. The fourth-order valence-corrected chi connectivity index (χ4v) is 5.07. The molecule has 0 radical (unpaired) electrons. The molecule has 30 heavy (non-hydrogen) atoms. The summed E-state index contributed by atoms with van der Waals surface area (Å²) < 4.78 is 18.2. The maximum absolute atomic E-state index is 12.3. The van der Waals surface area contributed by atoms with Crippen LogP contribution >= 0.6 is 18.2 Å². The molecule has 3 N–H and O–H groups in total. The summed E-state index contributed by atoms with van der Waals surface area (Å²) in [7, 11) is 5.93. The highest BCUT2D eigenvalue weighted by Crippen LogP contribution is 2.55. The van der Waals surface area contributed by atoms with Crippen molar-refractivity contribution in [3.8, 4) is 0 Å². The van der Waals surface area contributed by atoms with Crippen molar-refractivity contribution < 1.29 is 28.4 Å². The van der Waals surface area contributed by atoms with Gasteiger partial charge >= 0.3 is 6.80 Å². The summed E-state index contributed by atoms with van der Waals surface area (Å²) in [6, 6.07) is -0.644. The van der Waals surface area contributed by atoms with Gasteiger partial charge in [0.1, 0.15) is 13.2 Å². The molecule has 1 amide bonds. The standard InChI is InChI=1S/C21H43N2O5PS/c1-6-8-10-11-13-14-20(24)19(22-21(25)15-12-9-7-2)18-30-29(26,27)28-17-16-23(3,4)5/h13-14,19-20,24H,6-12,15-18H2,1-5H3,(H-,22,25,26,27)/p+1/b14-13+/t19-,20+/m0/s1. The molecule has 0 aromatic heterocycles. The van der Waals surface area contributed by atoms with Gasteiger partial charge in [0.25, 0.3) is 0 Å². The van der Waals surface area contributed by atoms with Gasteiger partial charge in [-0.3, -0.25) is 9.32 Å². The second-order valence-corrected chi connectivity index (χ2v) is 12.6. The van der Waals surface area contributed by atoms with Crippen molar-refractivity contribution in [2.75, 3.05) is 40.0 Å². The molecule has 0 aliphatic heterocycles. The SMILES string of the molecule is CCCCC/C=C/[C@@H](O)[C@H](CSP(=O)(O)OCC[N+](C)(C)C)NC(=O)CCCCC. The molecule has 0 saturated heterocycles. The number of nitrogens with one attached hydrogen (secondary N) is 1. The summed E-state index contributed by atoms with van der Waals surface area (Å²) >= 11 is 0.757. The largest absolute Gasteiger partial charge is 0.387 e. The molecule has 9 heteroatoms. The van der Waals surface area contributed by atoms with E-state index in [1.807, 2.05) is 27.2 Å². The molecule has 0 saturated carbocycles. The van der Waals surface area contributed by atoms with Crippen LogP contribution in [-0.2, 0) is 13.9 Å². The molecule has 0 heterocycles. The Morgan fingerprint density at radius 2 is 1.80 bits per heavy atom. The van der Waals surface area contributed by atoms with Crippen LogP contribution < -0.4 is 5.32 Å². The number of carbonyl (C=O) groups excluding carboxylic acids is 1. The average Bonchev–Trinajstić information content (AvgIpc) is 2.63. The minimum atomic E-state index is -3.86. The molecule has 0 aromatic rings. The van der Waals surface area contributed by atoms with E-state index in [0.717, 1.165) is 56.3 Å². The third-order valence-corrected chi connectivity index (χ3v) is 7.59. The van der Waals surface area contributed by atoms with Crippen LogP contribution in [0.4, 0.5) is 0 Å². The Morgan fingerprint density at radius 1 is 1.17 bits per heavy atom. The number of carbonyl (C=O) groups is 1. The molecular weight excluding hydrogens is 423 g/mol. The zero-order chi connectivity index (χ0) is 23.0. The lowest BCUT2D eigenvalue weighted by atomic mass is 10.1. The van der Waals surface area contributed by atoms with E-state index in [4.69, 9.17) is 4.52 Å². The van der Waals surface area contributed by atoms with Crippen molar-refractivity contribution in [1.82, 2.24) is 5.32 Å². The van der Waals surface area contributed by atoms with E-state index in [2.05, 4.69) is 19.2 Å². The summed E-state index contributed by atoms with van der Waals surface area (Å²) in [5.74, 6) is -0.0517. The van der Waals surface area contributed by atoms with Crippen molar-refractivity contribution in [1.29, 1.82) is 0 Å². The Balaban J connectivity index is 4.80. The summed E-state index contributed by atoms with van der Waals surface area (Å²) in [5.41, 5.74) is 0. The van der Waals surface area contributed by atoms with Crippen LogP contribution in [0.25, 0.3) is 0 Å². The van der Waals surface area contributed by atoms with Gasteiger partial charge in [0.2, 0.25) is 5.91 Å². The Bertz CT molecular complexity index is 540. The third-order valence-electron chi connectivity index (χ3n) is 4.51. The van der Waals surface area contributed by atoms with E-state index in [1.165, 1.54) is 0 Å². The van der Waals surface area contributed by atoms with Gasteiger partial charge in [-0.1, -0.05) is 51.7 Å². The fourth-order valence-electron chi connectivity index (χ4n) is 2.56. The van der Waals surface area contributed by atoms with Crippen LogP contribution in [0, 0.1) is 0 Å². The number of hydrogen-bond donors (Lipinski definition) is 3. The van der Waals surface area contributed by atoms with Crippen molar-refractivity contribution in [3.63, 3.8) is 0 Å². The Hall–Kier alpha value is -0.370. The maximum Gasteiger partial charge on any atom is 0.386 e. The number of likely N-dealkylation sites (N-methyl/N-ethyl adjacent to an activating group) is 1. The summed E-state index contributed by atoms with van der Waals surface area (Å²) in [6.07, 6.45) is 10.0. The number of aliphatic hydroxyl groups excluding tert-OH is 1. The molecule has 0 aliphatic rings. The first-order chi connectivity index (χ1) is 14.0. The zero-order valence-electron chi connectivity index (χ0n) is 19.5. The number of hydrogen-bond acceptors (Lipinski definition) is 5. The van der Waals surface area contributed by atoms with Crippen LogP contribution in [0.5, 0.6) is 0 Å². The Kier molecular flexibility index (Phi) is 16.1. The van der Waals surface area contributed by atoms with E-state index >= 15 is 0 Å². The van der Waals surface area contributed by atoms with Gasteiger partial charge in [-0.25, -0.2) is 4.57 Å². The highest BCUT2D eigenvalue weighted by atomic mass is 32.7. The normalized spacial score (nSPS) is 16.4. The lowest BCUT2D eigenvalue weighted by Crippen LogP contribution is -2.44. The number of rotatable bonds is 18. The van der Waals surface area contributed by atoms with E-state index < -0.39 is 18.9 Å². The monoisotopic (exact) mass is 467 g/mol. The first-order valence-electron chi connectivity index (χ1n) is 11.1. The molecule has 0 rings (SSSR count). The minimum absolute atomic E-state index is 0.0954. The number of unbranched alkanes of at least 4 members (excludes halogenated alkanes) is 5. The molecular formula is C21H44N2O5PS+. The first kappa shape index (κ1) is 29.6. The summed E-state index contributed by atoms with van der Waals surface area (Å²) in [5, 5.41) is 13.4. The molecule has 0 aliphatic carbocycles. The lowest BCUT2D eigenvalue weighted by molar-refractivity contribution is -0.870. The number of nitrogens with zero attached hydrogens (tertiary/aromatic N) is 1. The number of quaternary nitrogens is 1. The van der Waals surface area contributed by atoms with Gasteiger partial charge < -0.3 is 19.8 Å². The molecule has 7 nitrogen and oxygen atoms in total. The van der Waals surface area contributed by atoms with Gasteiger partial charge in [0, 0.05) is 12.2 Å². The molecule has 3 atom stereocenters. The van der Waals surface area contributed by atoms with E-state index in [9.17, 15) is 19.4 Å². The third kappa shape index (κ3) is 17.3. The molecule has 1 unspecified atom stereocenters. The smallest absolute Gasteiger partial charge is 0.386 e. The maximum atomic E-state index is 12.3. The second-order valence-electron chi connectivity index (χ2n) is 8.66. The second kappa shape index (κ2) is 16.3. The molecule has 0 aromatic carbocycles. The van der Waals surface area contributed by atoms with Crippen molar-refractivity contribution in [3.05, 3.63) is 12.2 Å². The van der Waals surface area contributed by atoms with E-state index in [-0.39, 0.29) is 18.3 Å². The quantitative estimate of drug-likeness (QED) is 0.122. The Labute approximate surface area is 187 Å². The van der Waals surface area contributed by atoms with Crippen LogP contribution in [0.15, 0.2) is 12.2 Å². The van der Waals surface area contributed by atoms with E-state index in [0.29, 0.717) is 17.4 Å². The van der Waals surface area contributed by atoms with Crippen LogP contribution in [0.1, 0.15) is 65.2 Å². The van der Waals surface area contributed by atoms with Gasteiger partial charge in [0.15, 0.2) is 0 Å². The minimum Gasteiger partial charge on any atom is -0.387 e. The topological polar surface area (TPSA) is 95.9 Å². The van der Waals surface area contributed by atoms with Gasteiger partial charge in [0.05, 0.1) is 33.3 Å². The van der Waals surface area contributed by atoms with Crippen molar-refractivity contribution in [2.45, 2.75) is 77.4 Å². The highest BCUT2D eigenvalue weighted by Gasteiger charge is 2.27. The fraction of sp³-hybridized carbons (Fsp3) is 0.857. The number of amides is 1. The average molecular weight is 468 g/mol. The molecule has 0 bridgehead atoms. The molecule has 0 fully saturated rings. The van der Waals surface area contributed by atoms with Crippen LogP contribution in [0.2, 0.25) is 0 Å². The predicted octanol–water partition coefficient (Wildman–Crippen LogP) is 4.11. The predicted molar refractivity (Wildman–Crippen MR) is 126 cm³/mol. The first-order valence-corrected chi connectivity index (χ1v) is 14.2.